The number of hydrogen-bond acceptors (Lipinski definition) is 5. The number of phenolic OH excluding ortho intramolecular Hbond substituents is 1. The van der Waals surface area contributed by atoms with Crippen LogP contribution in [0, 0.1) is 0 Å². The molecule has 0 unspecified atom stereocenters. The van der Waals surface area contributed by atoms with Crippen molar-refractivity contribution in [2.75, 3.05) is 0 Å². The Labute approximate surface area is 127 Å². The fourth-order valence-corrected chi connectivity index (χ4v) is 1.73. The highest BCUT2D eigenvalue weighted by molar-refractivity contribution is 6.42. The summed E-state index contributed by atoms with van der Waals surface area (Å²) in [6.07, 6.45) is 1.20. The van der Waals surface area contributed by atoms with Crippen LogP contribution in [0.25, 0.3) is 0 Å². The Morgan fingerprint density at radius 1 is 0.947 bits per heavy atom. The molecule has 0 saturated carbocycles. The lowest BCUT2D eigenvalue weighted by Gasteiger charge is -2.01. The van der Waals surface area contributed by atoms with Crippen LogP contribution in [0.5, 0.6) is 5.75 Å². The van der Waals surface area contributed by atoms with Gasteiger partial charge in [-0.05, 0) is 6.07 Å². The minimum atomic E-state index is -0.145. The minimum Gasteiger partial charge on any atom is -0.506 e. The molecule has 0 spiro atoms. The van der Waals surface area contributed by atoms with Crippen LogP contribution in [0.1, 0.15) is 0 Å². The average Bonchev–Trinajstić information content (AvgIpc) is 2.37. The maximum absolute atomic E-state index is 9.34. The molecule has 2 aromatic rings. The van der Waals surface area contributed by atoms with Crippen molar-refractivity contribution in [1.29, 1.82) is 0 Å². The van der Waals surface area contributed by atoms with E-state index in [1.807, 2.05) is 0 Å². The van der Waals surface area contributed by atoms with Crippen LogP contribution in [-0.2, 0) is 0 Å². The molecular weight excluding hydrogens is 334 g/mol. The SMILES string of the molecule is Oc1cc(Cl)c(N=Nc2ncnc(Cl)c2Cl)cc1Cl. The van der Waals surface area contributed by atoms with E-state index >= 15 is 0 Å². The molecule has 0 aliphatic heterocycles. The van der Waals surface area contributed by atoms with Crippen molar-refractivity contribution >= 4 is 57.9 Å². The lowest BCUT2D eigenvalue weighted by molar-refractivity contribution is 0.475. The van der Waals surface area contributed by atoms with Crippen LogP contribution in [0.2, 0.25) is 20.2 Å². The Balaban J connectivity index is 2.38. The number of nitrogens with zero attached hydrogens (tertiary/aromatic N) is 4. The Morgan fingerprint density at radius 2 is 1.68 bits per heavy atom. The predicted octanol–water partition coefficient (Wildman–Crippen LogP) is 5.21. The molecule has 0 fully saturated rings. The smallest absolute Gasteiger partial charge is 0.197 e. The molecule has 1 aromatic heterocycles. The van der Waals surface area contributed by atoms with E-state index in [0.29, 0.717) is 0 Å². The van der Waals surface area contributed by atoms with Crippen molar-refractivity contribution in [3.05, 3.63) is 38.7 Å². The number of benzene rings is 1. The molecule has 1 N–H and O–H groups in total. The van der Waals surface area contributed by atoms with E-state index < -0.39 is 0 Å². The van der Waals surface area contributed by atoms with E-state index in [4.69, 9.17) is 46.4 Å². The Morgan fingerprint density at radius 3 is 2.42 bits per heavy atom. The number of phenols is 1. The third kappa shape index (κ3) is 3.25. The molecule has 0 radical (unpaired) electrons. The zero-order valence-electron chi connectivity index (χ0n) is 8.98. The average molecular weight is 338 g/mol. The van der Waals surface area contributed by atoms with Gasteiger partial charge in [0.2, 0.25) is 0 Å². The predicted molar refractivity (Wildman–Crippen MR) is 74.4 cm³/mol. The summed E-state index contributed by atoms with van der Waals surface area (Å²) in [7, 11) is 0. The third-order valence-corrected chi connectivity index (χ3v) is 3.33. The third-order valence-electron chi connectivity index (χ3n) is 2.00. The molecule has 0 amide bonds. The second kappa shape index (κ2) is 5.88. The lowest BCUT2D eigenvalue weighted by atomic mass is 10.3. The zero-order chi connectivity index (χ0) is 14.0. The summed E-state index contributed by atoms with van der Waals surface area (Å²) in [5, 5.41) is 17.4. The number of halogens is 4. The number of azo groups is 1. The largest absolute Gasteiger partial charge is 0.506 e. The fourth-order valence-electron chi connectivity index (χ4n) is 1.11. The first-order valence-corrected chi connectivity index (χ1v) is 6.26. The molecule has 0 atom stereocenters. The second-order valence-corrected chi connectivity index (χ2v) is 4.81. The summed E-state index contributed by atoms with van der Waals surface area (Å²) in [5.74, 6) is -0.0457. The molecule has 9 heteroatoms. The Bertz CT molecular complexity index is 662. The van der Waals surface area contributed by atoms with E-state index in [9.17, 15) is 5.11 Å². The summed E-state index contributed by atoms with van der Waals surface area (Å²) < 4.78 is 0. The van der Waals surface area contributed by atoms with E-state index in [-0.39, 0.29) is 37.5 Å². The van der Waals surface area contributed by atoms with E-state index in [1.54, 1.807) is 0 Å². The molecule has 0 bridgehead atoms. The molecule has 98 valence electrons. The van der Waals surface area contributed by atoms with E-state index in [2.05, 4.69) is 20.2 Å². The summed E-state index contributed by atoms with van der Waals surface area (Å²) in [6, 6.07) is 2.62. The van der Waals surface area contributed by atoms with Gasteiger partial charge < -0.3 is 5.11 Å². The lowest BCUT2D eigenvalue weighted by Crippen LogP contribution is -1.81. The molecule has 1 aromatic carbocycles. The zero-order valence-corrected chi connectivity index (χ0v) is 12.0. The number of aromatic nitrogens is 2. The van der Waals surface area contributed by atoms with Gasteiger partial charge in [-0.3, -0.25) is 0 Å². The van der Waals surface area contributed by atoms with E-state index in [1.165, 1.54) is 18.5 Å². The Hall–Kier alpha value is -1.14. The van der Waals surface area contributed by atoms with Crippen molar-refractivity contribution in [2.45, 2.75) is 0 Å². The number of rotatable bonds is 2. The van der Waals surface area contributed by atoms with E-state index in [0.717, 1.165) is 0 Å². The van der Waals surface area contributed by atoms with Gasteiger partial charge in [-0.1, -0.05) is 46.4 Å². The highest BCUT2D eigenvalue weighted by Gasteiger charge is 2.08. The van der Waals surface area contributed by atoms with Crippen molar-refractivity contribution < 1.29 is 5.11 Å². The van der Waals surface area contributed by atoms with Gasteiger partial charge in [0.05, 0.1) is 10.0 Å². The van der Waals surface area contributed by atoms with Gasteiger partial charge in [-0.2, -0.15) is 0 Å². The summed E-state index contributed by atoms with van der Waals surface area (Å²) >= 11 is 23.2. The maximum Gasteiger partial charge on any atom is 0.197 e. The van der Waals surface area contributed by atoms with Gasteiger partial charge in [0.15, 0.2) is 11.0 Å². The van der Waals surface area contributed by atoms with Gasteiger partial charge >= 0.3 is 0 Å². The monoisotopic (exact) mass is 336 g/mol. The summed E-state index contributed by atoms with van der Waals surface area (Å²) in [6.45, 7) is 0. The molecule has 19 heavy (non-hydrogen) atoms. The number of aromatic hydroxyl groups is 1. The second-order valence-electron chi connectivity index (χ2n) is 3.26. The van der Waals surface area contributed by atoms with Crippen LogP contribution in [0.4, 0.5) is 11.5 Å². The molecule has 2 rings (SSSR count). The standard InChI is InChI=1S/C10H4Cl4N4O/c11-4-2-7(19)5(12)1-6(4)17-18-10-8(13)9(14)15-3-16-10/h1-3,19H. The van der Waals surface area contributed by atoms with Gasteiger partial charge in [0.25, 0.3) is 0 Å². The van der Waals surface area contributed by atoms with Crippen LogP contribution < -0.4 is 0 Å². The van der Waals surface area contributed by atoms with Crippen LogP contribution in [0.15, 0.2) is 28.7 Å². The van der Waals surface area contributed by atoms with Crippen LogP contribution in [-0.4, -0.2) is 15.1 Å². The van der Waals surface area contributed by atoms with Gasteiger partial charge in [-0.25, -0.2) is 9.97 Å². The van der Waals surface area contributed by atoms with Crippen molar-refractivity contribution in [2.24, 2.45) is 10.2 Å². The number of hydrogen-bond donors (Lipinski definition) is 1. The van der Waals surface area contributed by atoms with Gasteiger partial charge in [-0.15, -0.1) is 10.2 Å². The summed E-state index contributed by atoms with van der Waals surface area (Å²) in [5.41, 5.74) is 0.260. The topological polar surface area (TPSA) is 70.7 Å². The molecule has 5 nitrogen and oxygen atoms in total. The van der Waals surface area contributed by atoms with Crippen LogP contribution >= 0.6 is 46.4 Å². The highest BCUT2D eigenvalue weighted by atomic mass is 35.5. The van der Waals surface area contributed by atoms with Crippen molar-refractivity contribution in [3.8, 4) is 5.75 Å². The fraction of sp³-hybridized carbons (Fsp3) is 0. The first-order chi connectivity index (χ1) is 8.99. The molecule has 1 heterocycles. The van der Waals surface area contributed by atoms with Crippen molar-refractivity contribution in [3.63, 3.8) is 0 Å². The molecule has 0 saturated heterocycles. The van der Waals surface area contributed by atoms with Crippen LogP contribution in [0.3, 0.4) is 0 Å². The van der Waals surface area contributed by atoms with Crippen molar-refractivity contribution in [1.82, 2.24) is 9.97 Å². The van der Waals surface area contributed by atoms with Gasteiger partial charge in [0, 0.05) is 6.07 Å². The first kappa shape index (κ1) is 14.3. The highest BCUT2D eigenvalue weighted by Crippen LogP contribution is 2.36. The molecule has 0 aliphatic rings. The first-order valence-electron chi connectivity index (χ1n) is 4.75. The minimum absolute atomic E-state index is 0.0699. The maximum atomic E-state index is 9.34. The molecular formula is C10H4Cl4N4O. The molecule has 0 aliphatic carbocycles. The summed E-state index contributed by atoms with van der Waals surface area (Å²) in [4.78, 5) is 7.49. The quantitative estimate of drug-likeness (QED) is 0.603. The Kier molecular flexibility index (Phi) is 4.42. The normalized spacial score (nSPS) is 11.2. The van der Waals surface area contributed by atoms with Gasteiger partial charge in [0.1, 0.15) is 22.8 Å².